The molecule has 1 aliphatic rings. The summed E-state index contributed by atoms with van der Waals surface area (Å²) in [6, 6.07) is 1.87. The molecule has 0 bridgehead atoms. The van der Waals surface area contributed by atoms with Crippen molar-refractivity contribution < 1.29 is 9.53 Å². The van der Waals surface area contributed by atoms with Gasteiger partial charge in [0.05, 0.1) is 24.5 Å². The fourth-order valence-corrected chi connectivity index (χ4v) is 3.79. The van der Waals surface area contributed by atoms with Crippen LogP contribution in [0.2, 0.25) is 0 Å². The minimum Gasteiger partial charge on any atom is -0.378 e. The van der Waals surface area contributed by atoms with Gasteiger partial charge in [0.1, 0.15) is 5.52 Å². The predicted octanol–water partition coefficient (Wildman–Crippen LogP) is 1.78. The highest BCUT2D eigenvalue weighted by Crippen LogP contribution is 2.19. The summed E-state index contributed by atoms with van der Waals surface area (Å²) in [5, 5.41) is 0.617. The number of amides is 1. The summed E-state index contributed by atoms with van der Waals surface area (Å²) in [5.41, 5.74) is 2.05. The minimum absolute atomic E-state index is 0.0622. The van der Waals surface area contributed by atoms with E-state index in [1.165, 1.54) is 11.8 Å². The second-order valence-electron chi connectivity index (χ2n) is 6.20. The van der Waals surface area contributed by atoms with Crippen LogP contribution < -0.4 is 5.56 Å². The summed E-state index contributed by atoms with van der Waals surface area (Å²) in [6.07, 6.45) is 1.89. The third kappa shape index (κ3) is 4.07. The van der Waals surface area contributed by atoms with Gasteiger partial charge in [-0.1, -0.05) is 25.1 Å². The lowest BCUT2D eigenvalue weighted by atomic mass is 10.3. The van der Waals surface area contributed by atoms with Gasteiger partial charge in [0, 0.05) is 25.3 Å². The lowest BCUT2D eigenvalue weighted by Gasteiger charge is -2.26. The van der Waals surface area contributed by atoms with Crippen LogP contribution in [0.3, 0.4) is 0 Å². The van der Waals surface area contributed by atoms with Crippen LogP contribution >= 0.6 is 11.8 Å². The van der Waals surface area contributed by atoms with E-state index in [9.17, 15) is 9.59 Å². The second kappa shape index (κ2) is 8.05. The maximum Gasteiger partial charge on any atom is 0.278 e. The Bertz CT molecular complexity index is 808. The van der Waals surface area contributed by atoms with Crippen LogP contribution in [0.15, 0.2) is 16.0 Å². The fourth-order valence-electron chi connectivity index (χ4n) is 2.86. The van der Waals surface area contributed by atoms with E-state index in [0.29, 0.717) is 49.0 Å². The molecule has 2 aromatic heterocycles. The number of ether oxygens (including phenoxy) is 1. The molecule has 0 spiro atoms. The Kier molecular flexibility index (Phi) is 5.80. The number of H-pyrrole nitrogens is 1. The Morgan fingerprint density at radius 1 is 1.40 bits per heavy atom. The molecule has 7 nitrogen and oxygen atoms in total. The maximum absolute atomic E-state index is 12.8. The van der Waals surface area contributed by atoms with Gasteiger partial charge in [0.25, 0.3) is 5.56 Å². The topological polar surface area (TPSA) is 80.2 Å². The first kappa shape index (κ1) is 18.0. The van der Waals surface area contributed by atoms with Crippen LogP contribution in [-0.4, -0.2) is 57.4 Å². The Labute approximate surface area is 150 Å². The summed E-state index contributed by atoms with van der Waals surface area (Å²) < 4.78 is 6.97. The fraction of sp³-hybridized carbons (Fsp3) is 0.588. The zero-order chi connectivity index (χ0) is 17.8. The minimum atomic E-state index is -0.0622. The number of fused-ring (bicyclic) bond motifs is 1. The van der Waals surface area contributed by atoms with Crippen LogP contribution in [0.5, 0.6) is 0 Å². The van der Waals surface area contributed by atoms with Crippen LogP contribution in [0.1, 0.15) is 25.5 Å². The van der Waals surface area contributed by atoms with Crippen molar-refractivity contribution in [2.24, 2.45) is 0 Å². The highest BCUT2D eigenvalue weighted by atomic mass is 32.2. The third-order valence-corrected chi connectivity index (χ3v) is 5.22. The van der Waals surface area contributed by atoms with E-state index in [2.05, 4.69) is 16.9 Å². The molecule has 3 rings (SSSR count). The first-order valence-electron chi connectivity index (χ1n) is 8.68. The van der Waals surface area contributed by atoms with Gasteiger partial charge in [0.2, 0.25) is 5.91 Å². The molecular formula is C17H24N4O3S. The van der Waals surface area contributed by atoms with Gasteiger partial charge in [-0.2, -0.15) is 0 Å². The zero-order valence-corrected chi connectivity index (χ0v) is 15.5. The number of hydrogen-bond acceptors (Lipinski definition) is 5. The Morgan fingerprint density at radius 2 is 2.16 bits per heavy atom. The number of aromatic amines is 1. The Balaban J connectivity index is 1.83. The van der Waals surface area contributed by atoms with Gasteiger partial charge in [-0.25, -0.2) is 4.98 Å². The largest absolute Gasteiger partial charge is 0.378 e. The number of hydrogen-bond donors (Lipinski definition) is 1. The average Bonchev–Trinajstić information content (AvgIpc) is 3.00. The standard InChI is InChI=1S/C17H24N4O3S/c1-3-4-5-21-16(23)15-13(10-12(2)18-15)19-17(21)25-11-14(22)20-6-8-24-9-7-20/h10,18H,3-9,11H2,1-2H3. The van der Waals surface area contributed by atoms with Crippen LogP contribution in [0.25, 0.3) is 11.0 Å². The van der Waals surface area contributed by atoms with Crippen LogP contribution in [0.4, 0.5) is 0 Å². The zero-order valence-electron chi connectivity index (χ0n) is 14.7. The highest BCUT2D eigenvalue weighted by molar-refractivity contribution is 7.99. The number of thioether (sulfide) groups is 1. The third-order valence-electron chi connectivity index (χ3n) is 4.26. The number of aryl methyl sites for hydroxylation is 1. The van der Waals surface area contributed by atoms with Gasteiger partial charge >= 0.3 is 0 Å². The van der Waals surface area contributed by atoms with E-state index in [1.807, 2.05) is 17.9 Å². The number of rotatable bonds is 6. The van der Waals surface area contributed by atoms with Gasteiger partial charge in [0.15, 0.2) is 5.16 Å². The monoisotopic (exact) mass is 364 g/mol. The molecule has 25 heavy (non-hydrogen) atoms. The normalized spacial score (nSPS) is 15.0. The number of carbonyl (C=O) groups is 1. The smallest absolute Gasteiger partial charge is 0.278 e. The molecule has 1 fully saturated rings. The molecule has 0 atom stereocenters. The predicted molar refractivity (Wildman–Crippen MR) is 98.1 cm³/mol. The number of nitrogens with one attached hydrogen (secondary N) is 1. The SMILES string of the molecule is CCCCn1c(SCC(=O)N2CCOCC2)nc2cc(C)[nH]c2c1=O. The average molecular weight is 364 g/mol. The van der Waals surface area contributed by atoms with E-state index in [-0.39, 0.29) is 17.2 Å². The van der Waals surface area contributed by atoms with Gasteiger partial charge in [-0.15, -0.1) is 0 Å². The Hall–Kier alpha value is -1.80. The molecule has 1 N–H and O–H groups in total. The van der Waals surface area contributed by atoms with E-state index >= 15 is 0 Å². The molecule has 0 unspecified atom stereocenters. The summed E-state index contributed by atoms with van der Waals surface area (Å²) in [4.78, 5) is 34.7. The van der Waals surface area contributed by atoms with Crippen LogP contribution in [-0.2, 0) is 16.1 Å². The molecule has 1 saturated heterocycles. The number of aromatic nitrogens is 3. The van der Waals surface area contributed by atoms with Crippen molar-refractivity contribution in [1.29, 1.82) is 0 Å². The molecule has 2 aromatic rings. The van der Waals surface area contributed by atoms with Gasteiger partial charge < -0.3 is 14.6 Å². The lowest BCUT2D eigenvalue weighted by Crippen LogP contribution is -2.41. The molecule has 3 heterocycles. The number of morpholine rings is 1. The first-order valence-corrected chi connectivity index (χ1v) is 9.67. The number of nitrogens with zero attached hydrogens (tertiary/aromatic N) is 3. The first-order chi connectivity index (χ1) is 12.1. The van der Waals surface area contributed by atoms with E-state index in [4.69, 9.17) is 4.74 Å². The van der Waals surface area contributed by atoms with Crippen molar-refractivity contribution in [2.45, 2.75) is 38.4 Å². The second-order valence-corrected chi connectivity index (χ2v) is 7.14. The number of carbonyl (C=O) groups excluding carboxylic acids is 1. The summed E-state index contributed by atoms with van der Waals surface area (Å²) in [6.45, 7) is 7.05. The summed E-state index contributed by atoms with van der Waals surface area (Å²) >= 11 is 1.34. The molecule has 0 aromatic carbocycles. The lowest BCUT2D eigenvalue weighted by molar-refractivity contribution is -0.132. The maximum atomic E-state index is 12.8. The van der Waals surface area contributed by atoms with Crippen molar-refractivity contribution in [2.75, 3.05) is 32.1 Å². The highest BCUT2D eigenvalue weighted by Gasteiger charge is 2.19. The molecule has 0 aliphatic carbocycles. The van der Waals surface area contributed by atoms with Crippen LogP contribution in [0, 0.1) is 6.92 Å². The molecular weight excluding hydrogens is 340 g/mol. The van der Waals surface area contributed by atoms with E-state index in [0.717, 1.165) is 18.5 Å². The Morgan fingerprint density at radius 3 is 2.88 bits per heavy atom. The quantitative estimate of drug-likeness (QED) is 0.624. The molecule has 0 saturated carbocycles. The van der Waals surface area contributed by atoms with Crippen molar-refractivity contribution in [1.82, 2.24) is 19.4 Å². The van der Waals surface area contributed by atoms with Gasteiger partial charge in [-0.3, -0.25) is 14.2 Å². The molecule has 136 valence electrons. The van der Waals surface area contributed by atoms with Crippen molar-refractivity contribution in [3.63, 3.8) is 0 Å². The summed E-state index contributed by atoms with van der Waals surface area (Å²) in [5.74, 6) is 0.350. The molecule has 1 amide bonds. The van der Waals surface area contributed by atoms with Gasteiger partial charge in [-0.05, 0) is 19.4 Å². The van der Waals surface area contributed by atoms with Crippen molar-refractivity contribution in [3.8, 4) is 0 Å². The molecule has 0 radical (unpaired) electrons. The number of unbranched alkanes of at least 4 members (excludes halogenated alkanes) is 1. The molecule has 8 heteroatoms. The van der Waals surface area contributed by atoms with E-state index < -0.39 is 0 Å². The van der Waals surface area contributed by atoms with Crippen molar-refractivity contribution in [3.05, 3.63) is 22.1 Å². The van der Waals surface area contributed by atoms with E-state index in [1.54, 1.807) is 4.57 Å². The summed E-state index contributed by atoms with van der Waals surface area (Å²) in [7, 11) is 0. The molecule has 1 aliphatic heterocycles. The van der Waals surface area contributed by atoms with Crippen molar-refractivity contribution >= 4 is 28.7 Å².